The van der Waals surface area contributed by atoms with Crippen molar-refractivity contribution in [2.24, 2.45) is 0 Å². The van der Waals surface area contributed by atoms with Gasteiger partial charge in [-0.05, 0) is 36.8 Å². The van der Waals surface area contributed by atoms with Gasteiger partial charge in [0.05, 0.1) is 23.4 Å². The van der Waals surface area contributed by atoms with Crippen LogP contribution in [0.25, 0.3) is 0 Å². The van der Waals surface area contributed by atoms with Crippen molar-refractivity contribution in [1.29, 1.82) is 0 Å². The molecule has 7 heteroatoms. The number of rotatable bonds is 7. The molecule has 0 radical (unpaired) electrons. The highest BCUT2D eigenvalue weighted by Crippen LogP contribution is 2.32. The summed E-state index contributed by atoms with van der Waals surface area (Å²) in [4.78, 5) is 4.46. The van der Waals surface area contributed by atoms with Gasteiger partial charge in [0.15, 0.2) is 0 Å². The summed E-state index contributed by atoms with van der Waals surface area (Å²) in [5, 5.41) is 19.9. The van der Waals surface area contributed by atoms with E-state index in [0.29, 0.717) is 17.3 Å². The Hall–Kier alpha value is -1.86. The SMILES string of the molecule is CC1CN(CC(O)c2ccc(F)cc2)CCN1c1ccc(OCCO)cc1Cl. The standard InChI is InChI=1S/C21H26ClFN2O3/c1-15-13-24(14-21(27)16-2-4-17(23)5-3-16)8-9-25(15)20-7-6-18(12-19(20)22)28-11-10-26/h2-7,12,15,21,26-27H,8-11,13-14H2,1H3. The first-order chi connectivity index (χ1) is 13.5. The zero-order chi connectivity index (χ0) is 20.1. The van der Waals surface area contributed by atoms with Crippen LogP contribution in [-0.4, -0.2) is 60.5 Å². The van der Waals surface area contributed by atoms with Gasteiger partial charge in [0.1, 0.15) is 18.2 Å². The molecule has 28 heavy (non-hydrogen) atoms. The Morgan fingerprint density at radius 1 is 1.21 bits per heavy atom. The molecule has 2 aromatic carbocycles. The van der Waals surface area contributed by atoms with Crippen LogP contribution in [0.2, 0.25) is 5.02 Å². The number of aliphatic hydroxyl groups is 2. The van der Waals surface area contributed by atoms with E-state index >= 15 is 0 Å². The van der Waals surface area contributed by atoms with Crippen LogP contribution in [0.3, 0.4) is 0 Å². The summed E-state index contributed by atoms with van der Waals surface area (Å²) in [6.07, 6.45) is -0.647. The first kappa shape index (κ1) is 20.9. The van der Waals surface area contributed by atoms with Gasteiger partial charge in [-0.2, -0.15) is 0 Å². The molecule has 1 aliphatic rings. The molecule has 0 bridgehead atoms. The lowest BCUT2D eigenvalue weighted by Gasteiger charge is -2.42. The number of hydrogen-bond donors (Lipinski definition) is 2. The number of β-amino-alcohol motifs (C(OH)–C–C–N with tert-alkyl or cyclic N) is 1. The molecule has 0 saturated carbocycles. The number of benzene rings is 2. The molecule has 1 aliphatic heterocycles. The van der Waals surface area contributed by atoms with Gasteiger partial charge in [0, 0.05) is 38.3 Å². The largest absolute Gasteiger partial charge is 0.491 e. The van der Waals surface area contributed by atoms with Crippen molar-refractivity contribution in [2.75, 3.05) is 44.3 Å². The number of piperazine rings is 1. The van der Waals surface area contributed by atoms with Gasteiger partial charge < -0.3 is 19.8 Å². The van der Waals surface area contributed by atoms with Crippen LogP contribution >= 0.6 is 11.6 Å². The predicted molar refractivity (Wildman–Crippen MR) is 109 cm³/mol. The lowest BCUT2D eigenvalue weighted by Crippen LogP contribution is -2.52. The molecule has 0 aliphatic carbocycles. The van der Waals surface area contributed by atoms with Crippen LogP contribution in [0.1, 0.15) is 18.6 Å². The average Bonchev–Trinajstić information content (AvgIpc) is 2.67. The Bertz CT molecular complexity index is 775. The minimum atomic E-state index is -0.647. The van der Waals surface area contributed by atoms with Crippen molar-refractivity contribution < 1.29 is 19.3 Å². The van der Waals surface area contributed by atoms with Gasteiger partial charge >= 0.3 is 0 Å². The van der Waals surface area contributed by atoms with Crippen LogP contribution in [0.15, 0.2) is 42.5 Å². The molecule has 2 unspecified atom stereocenters. The van der Waals surface area contributed by atoms with Gasteiger partial charge in [0.2, 0.25) is 0 Å². The normalized spacial score (nSPS) is 18.9. The summed E-state index contributed by atoms with van der Waals surface area (Å²) in [6, 6.07) is 11.8. The highest BCUT2D eigenvalue weighted by molar-refractivity contribution is 6.33. The molecule has 2 N–H and O–H groups in total. The van der Waals surface area contributed by atoms with Gasteiger partial charge in [-0.15, -0.1) is 0 Å². The molecule has 0 aromatic heterocycles. The van der Waals surface area contributed by atoms with E-state index in [1.165, 1.54) is 12.1 Å². The van der Waals surface area contributed by atoms with E-state index in [2.05, 4.69) is 16.7 Å². The number of hydrogen-bond acceptors (Lipinski definition) is 5. The second-order valence-electron chi connectivity index (χ2n) is 7.05. The molecule has 0 amide bonds. The van der Waals surface area contributed by atoms with Crippen molar-refractivity contribution in [3.05, 3.63) is 58.9 Å². The van der Waals surface area contributed by atoms with E-state index in [-0.39, 0.29) is 25.1 Å². The number of ether oxygens (including phenoxy) is 1. The van der Waals surface area contributed by atoms with Crippen LogP contribution in [0.4, 0.5) is 10.1 Å². The molecule has 0 spiro atoms. The predicted octanol–water partition coefficient (Wildman–Crippen LogP) is 3.09. The zero-order valence-electron chi connectivity index (χ0n) is 15.9. The van der Waals surface area contributed by atoms with E-state index in [9.17, 15) is 9.50 Å². The molecule has 152 valence electrons. The maximum absolute atomic E-state index is 13.1. The van der Waals surface area contributed by atoms with E-state index in [1.54, 1.807) is 18.2 Å². The van der Waals surface area contributed by atoms with Crippen molar-refractivity contribution in [2.45, 2.75) is 19.1 Å². The van der Waals surface area contributed by atoms with Crippen LogP contribution in [0.5, 0.6) is 5.75 Å². The molecule has 1 heterocycles. The quantitative estimate of drug-likeness (QED) is 0.737. The fraction of sp³-hybridized carbons (Fsp3) is 0.429. The van der Waals surface area contributed by atoms with Crippen molar-refractivity contribution >= 4 is 17.3 Å². The highest BCUT2D eigenvalue weighted by atomic mass is 35.5. The Morgan fingerprint density at radius 2 is 1.96 bits per heavy atom. The van der Waals surface area contributed by atoms with E-state index in [1.807, 2.05) is 12.1 Å². The summed E-state index contributed by atoms with van der Waals surface area (Å²) in [7, 11) is 0. The molecular weight excluding hydrogens is 383 g/mol. The Balaban J connectivity index is 1.59. The van der Waals surface area contributed by atoms with Crippen molar-refractivity contribution in [3.63, 3.8) is 0 Å². The Kier molecular flexibility index (Phi) is 7.13. The van der Waals surface area contributed by atoms with Crippen molar-refractivity contribution in [1.82, 2.24) is 4.90 Å². The van der Waals surface area contributed by atoms with Gasteiger partial charge in [-0.25, -0.2) is 4.39 Å². The van der Waals surface area contributed by atoms with Gasteiger partial charge in [-0.1, -0.05) is 23.7 Å². The molecule has 3 rings (SSSR count). The monoisotopic (exact) mass is 408 g/mol. The summed E-state index contributed by atoms with van der Waals surface area (Å²) in [5.41, 5.74) is 1.67. The summed E-state index contributed by atoms with van der Waals surface area (Å²) in [5.74, 6) is 0.333. The van der Waals surface area contributed by atoms with Gasteiger partial charge in [-0.3, -0.25) is 4.90 Å². The second-order valence-corrected chi connectivity index (χ2v) is 7.46. The van der Waals surface area contributed by atoms with Crippen LogP contribution in [-0.2, 0) is 0 Å². The Morgan fingerprint density at radius 3 is 2.61 bits per heavy atom. The highest BCUT2D eigenvalue weighted by Gasteiger charge is 2.26. The molecular formula is C21H26ClFN2O3. The number of nitrogens with zero attached hydrogens (tertiary/aromatic N) is 2. The fourth-order valence-electron chi connectivity index (χ4n) is 3.57. The molecule has 5 nitrogen and oxygen atoms in total. The second kappa shape index (κ2) is 9.56. The third-order valence-corrected chi connectivity index (χ3v) is 5.29. The minimum absolute atomic E-state index is 0.0395. The van der Waals surface area contributed by atoms with E-state index in [0.717, 1.165) is 30.9 Å². The minimum Gasteiger partial charge on any atom is -0.491 e. The fourth-order valence-corrected chi connectivity index (χ4v) is 3.84. The zero-order valence-corrected chi connectivity index (χ0v) is 16.6. The summed E-state index contributed by atoms with van der Waals surface area (Å²) in [6.45, 7) is 5.20. The molecule has 2 atom stereocenters. The average molecular weight is 409 g/mol. The first-order valence-electron chi connectivity index (χ1n) is 9.43. The maximum Gasteiger partial charge on any atom is 0.123 e. The molecule has 1 fully saturated rings. The summed E-state index contributed by atoms with van der Waals surface area (Å²) >= 11 is 6.45. The van der Waals surface area contributed by atoms with E-state index in [4.69, 9.17) is 21.4 Å². The lowest BCUT2D eigenvalue weighted by atomic mass is 10.1. The van der Waals surface area contributed by atoms with Crippen molar-refractivity contribution in [3.8, 4) is 5.75 Å². The molecule has 2 aromatic rings. The number of aliphatic hydroxyl groups excluding tert-OH is 2. The number of halogens is 2. The Labute approximate surface area is 169 Å². The summed E-state index contributed by atoms with van der Waals surface area (Å²) < 4.78 is 18.5. The van der Waals surface area contributed by atoms with Crippen LogP contribution in [0, 0.1) is 5.82 Å². The van der Waals surface area contributed by atoms with Crippen LogP contribution < -0.4 is 9.64 Å². The third-order valence-electron chi connectivity index (χ3n) is 4.99. The molecule has 1 saturated heterocycles. The third kappa shape index (κ3) is 5.14. The topological polar surface area (TPSA) is 56.2 Å². The first-order valence-corrected chi connectivity index (χ1v) is 9.81. The smallest absolute Gasteiger partial charge is 0.123 e. The van der Waals surface area contributed by atoms with E-state index < -0.39 is 6.10 Å². The lowest BCUT2D eigenvalue weighted by molar-refractivity contribution is 0.102. The number of anilines is 1. The maximum atomic E-state index is 13.1. The van der Waals surface area contributed by atoms with Gasteiger partial charge in [0.25, 0.3) is 0 Å².